The first kappa shape index (κ1) is 21.8. The number of hydrogen-bond donors (Lipinski definition) is 1. The largest absolute Gasteiger partial charge is 0.354 e. The second kappa shape index (κ2) is 8.88. The van der Waals surface area contributed by atoms with E-state index in [1.54, 1.807) is 0 Å². The SMILES string of the molecule is CN1CC(CCCN(CC2COC(C)(C)O2)c2cccc(SN)n2)CC1(C)C. The molecule has 2 saturated heterocycles. The van der Waals surface area contributed by atoms with Gasteiger partial charge in [0.1, 0.15) is 16.9 Å². The van der Waals surface area contributed by atoms with Gasteiger partial charge < -0.3 is 19.3 Å². The van der Waals surface area contributed by atoms with Gasteiger partial charge in [-0.3, -0.25) is 5.14 Å². The monoisotopic (exact) mass is 408 g/mol. The molecule has 0 bridgehead atoms. The van der Waals surface area contributed by atoms with Crippen LogP contribution in [0.25, 0.3) is 0 Å². The third kappa shape index (κ3) is 5.60. The van der Waals surface area contributed by atoms with E-state index < -0.39 is 5.79 Å². The number of likely N-dealkylation sites (tertiary alicyclic amines) is 1. The quantitative estimate of drug-likeness (QED) is 0.660. The molecular weight excluding hydrogens is 372 g/mol. The maximum atomic E-state index is 6.05. The molecule has 3 rings (SSSR count). The van der Waals surface area contributed by atoms with Crippen LogP contribution >= 0.6 is 11.9 Å². The van der Waals surface area contributed by atoms with Gasteiger partial charge >= 0.3 is 0 Å². The Morgan fingerprint density at radius 2 is 2.11 bits per heavy atom. The molecule has 158 valence electrons. The Labute approximate surface area is 174 Å². The topological polar surface area (TPSA) is 63.9 Å². The maximum Gasteiger partial charge on any atom is 0.163 e. The third-order valence-electron chi connectivity index (χ3n) is 6.04. The fourth-order valence-corrected chi connectivity index (χ4v) is 4.67. The van der Waals surface area contributed by atoms with Gasteiger partial charge in [-0.1, -0.05) is 6.07 Å². The lowest BCUT2D eigenvalue weighted by atomic mass is 9.93. The van der Waals surface area contributed by atoms with E-state index in [1.807, 2.05) is 26.0 Å². The van der Waals surface area contributed by atoms with Crippen LogP contribution in [0.1, 0.15) is 47.0 Å². The summed E-state index contributed by atoms with van der Waals surface area (Å²) in [5, 5.41) is 6.56. The van der Waals surface area contributed by atoms with Crippen LogP contribution in [0.3, 0.4) is 0 Å². The van der Waals surface area contributed by atoms with Crippen LogP contribution in [0.2, 0.25) is 0 Å². The highest BCUT2D eigenvalue weighted by molar-refractivity contribution is 7.97. The first-order chi connectivity index (χ1) is 13.2. The molecule has 0 radical (unpaired) electrons. The fourth-order valence-electron chi connectivity index (χ4n) is 4.37. The molecule has 3 heterocycles. The van der Waals surface area contributed by atoms with Crippen molar-refractivity contribution in [2.24, 2.45) is 11.1 Å². The standard InChI is InChI=1S/C21H36N4O2S/c1-20(2)12-16(13-24(20)5)8-7-11-25(14-17-15-26-21(3,4)27-17)18-9-6-10-19(23-18)28-22/h6,9-10,16-17H,7-8,11-15,22H2,1-5H3. The number of nitrogens with two attached hydrogens (primary N) is 1. The number of hydrogen-bond acceptors (Lipinski definition) is 7. The number of rotatable bonds is 8. The van der Waals surface area contributed by atoms with Crippen LogP contribution in [-0.2, 0) is 9.47 Å². The van der Waals surface area contributed by atoms with Crippen molar-refractivity contribution in [2.45, 2.75) is 69.4 Å². The molecule has 2 atom stereocenters. The van der Waals surface area contributed by atoms with Crippen LogP contribution in [0.4, 0.5) is 5.82 Å². The van der Waals surface area contributed by atoms with Gasteiger partial charge in [0.15, 0.2) is 5.79 Å². The molecule has 1 aromatic heterocycles. The van der Waals surface area contributed by atoms with Crippen molar-refractivity contribution in [2.75, 3.05) is 38.2 Å². The van der Waals surface area contributed by atoms with Gasteiger partial charge in [-0.2, -0.15) is 0 Å². The van der Waals surface area contributed by atoms with Crippen molar-refractivity contribution in [3.05, 3.63) is 18.2 Å². The molecule has 7 heteroatoms. The Kier molecular flexibility index (Phi) is 6.92. The highest BCUT2D eigenvalue weighted by atomic mass is 32.2. The highest BCUT2D eigenvalue weighted by Crippen LogP contribution is 2.33. The van der Waals surface area contributed by atoms with Gasteiger partial charge in [-0.25, -0.2) is 4.98 Å². The van der Waals surface area contributed by atoms with Crippen molar-refractivity contribution in [1.29, 1.82) is 0 Å². The summed E-state index contributed by atoms with van der Waals surface area (Å²) in [4.78, 5) is 9.54. The van der Waals surface area contributed by atoms with Gasteiger partial charge in [-0.15, -0.1) is 0 Å². The summed E-state index contributed by atoms with van der Waals surface area (Å²) >= 11 is 1.19. The van der Waals surface area contributed by atoms with Crippen molar-refractivity contribution in [1.82, 2.24) is 9.88 Å². The minimum Gasteiger partial charge on any atom is -0.354 e. The summed E-state index contributed by atoms with van der Waals surface area (Å²) in [6, 6.07) is 6.03. The van der Waals surface area contributed by atoms with Gasteiger partial charge in [0, 0.05) is 25.2 Å². The van der Waals surface area contributed by atoms with E-state index in [0.717, 1.165) is 36.3 Å². The molecule has 28 heavy (non-hydrogen) atoms. The molecule has 1 aromatic rings. The van der Waals surface area contributed by atoms with Crippen molar-refractivity contribution >= 4 is 17.8 Å². The minimum absolute atomic E-state index is 0.0579. The number of anilines is 1. The van der Waals surface area contributed by atoms with Crippen LogP contribution < -0.4 is 10.0 Å². The molecule has 2 aliphatic rings. The fraction of sp³-hybridized carbons (Fsp3) is 0.762. The van der Waals surface area contributed by atoms with Gasteiger partial charge in [0.2, 0.25) is 0 Å². The van der Waals surface area contributed by atoms with E-state index in [9.17, 15) is 0 Å². The van der Waals surface area contributed by atoms with Gasteiger partial charge in [-0.05, 0) is 84.0 Å². The number of nitrogens with zero attached hydrogens (tertiary/aromatic N) is 3. The van der Waals surface area contributed by atoms with Crippen LogP contribution in [0.5, 0.6) is 0 Å². The normalized spacial score (nSPS) is 26.6. The predicted octanol–water partition coefficient (Wildman–Crippen LogP) is 3.52. The van der Waals surface area contributed by atoms with Crippen LogP contribution in [0, 0.1) is 5.92 Å². The lowest BCUT2D eigenvalue weighted by Gasteiger charge is -2.27. The molecule has 0 aliphatic carbocycles. The minimum atomic E-state index is -0.501. The van der Waals surface area contributed by atoms with Crippen LogP contribution in [-0.4, -0.2) is 60.6 Å². The van der Waals surface area contributed by atoms with Gasteiger partial charge in [0.25, 0.3) is 0 Å². The summed E-state index contributed by atoms with van der Waals surface area (Å²) in [5.74, 6) is 1.23. The van der Waals surface area contributed by atoms with E-state index in [2.05, 4.69) is 36.8 Å². The van der Waals surface area contributed by atoms with Gasteiger partial charge in [0.05, 0.1) is 6.61 Å². The van der Waals surface area contributed by atoms with E-state index in [-0.39, 0.29) is 6.10 Å². The molecule has 0 aromatic carbocycles. The number of pyridine rings is 1. The van der Waals surface area contributed by atoms with Crippen molar-refractivity contribution in [3.8, 4) is 0 Å². The molecule has 2 N–H and O–H groups in total. The number of aromatic nitrogens is 1. The third-order valence-corrected chi connectivity index (χ3v) is 6.51. The smallest absolute Gasteiger partial charge is 0.163 e. The summed E-state index contributed by atoms with van der Waals surface area (Å²) in [6.07, 6.45) is 3.72. The average Bonchev–Trinajstić information content (AvgIpc) is 3.11. The average molecular weight is 409 g/mol. The molecule has 2 aliphatic heterocycles. The summed E-state index contributed by atoms with van der Waals surface area (Å²) in [7, 11) is 2.24. The van der Waals surface area contributed by atoms with E-state index in [4.69, 9.17) is 19.6 Å². The summed E-state index contributed by atoms with van der Waals surface area (Å²) in [5.41, 5.74) is 0.319. The van der Waals surface area contributed by atoms with Crippen molar-refractivity contribution in [3.63, 3.8) is 0 Å². The number of ether oxygens (including phenoxy) is 2. The molecule has 2 unspecified atom stereocenters. The Hall–Kier alpha value is -0.860. The Balaban J connectivity index is 1.61. The predicted molar refractivity (Wildman–Crippen MR) is 115 cm³/mol. The van der Waals surface area contributed by atoms with E-state index in [1.165, 1.54) is 31.3 Å². The maximum absolute atomic E-state index is 6.05. The lowest BCUT2D eigenvalue weighted by molar-refractivity contribution is -0.137. The van der Waals surface area contributed by atoms with E-state index in [0.29, 0.717) is 12.1 Å². The first-order valence-electron chi connectivity index (χ1n) is 10.3. The second-order valence-corrected chi connectivity index (χ2v) is 9.91. The summed E-state index contributed by atoms with van der Waals surface area (Å²) < 4.78 is 11.8. The molecule has 0 saturated carbocycles. The zero-order valence-electron chi connectivity index (χ0n) is 18.0. The highest BCUT2D eigenvalue weighted by Gasteiger charge is 2.36. The van der Waals surface area contributed by atoms with Crippen molar-refractivity contribution < 1.29 is 9.47 Å². The Morgan fingerprint density at radius 3 is 2.71 bits per heavy atom. The Bertz CT molecular complexity index is 655. The lowest BCUT2D eigenvalue weighted by Crippen LogP contribution is -2.36. The molecular formula is C21H36N4O2S. The first-order valence-corrected chi connectivity index (χ1v) is 11.2. The molecule has 2 fully saturated rings. The molecule has 0 amide bonds. The molecule has 6 nitrogen and oxygen atoms in total. The molecule has 0 spiro atoms. The van der Waals surface area contributed by atoms with E-state index >= 15 is 0 Å². The van der Waals surface area contributed by atoms with Crippen LogP contribution in [0.15, 0.2) is 23.2 Å². The zero-order chi connectivity index (χ0) is 20.4. The summed E-state index contributed by atoms with van der Waals surface area (Å²) in [6.45, 7) is 12.2. The second-order valence-electron chi connectivity index (χ2n) is 9.25. The Morgan fingerprint density at radius 1 is 1.32 bits per heavy atom. The zero-order valence-corrected chi connectivity index (χ0v) is 18.8.